The Balaban J connectivity index is 1.90. The van der Waals surface area contributed by atoms with Gasteiger partial charge in [0, 0.05) is 41.6 Å². The van der Waals surface area contributed by atoms with E-state index in [1.807, 2.05) is 33.8 Å². The number of carbonyl (C=O) groups is 2. The highest BCUT2D eigenvalue weighted by Gasteiger charge is 2.25. The van der Waals surface area contributed by atoms with Crippen LogP contribution in [0.4, 0.5) is 0 Å². The second kappa shape index (κ2) is 8.09. The van der Waals surface area contributed by atoms with Gasteiger partial charge in [0.05, 0.1) is 12.9 Å². The molecule has 0 atom stereocenters. The van der Waals surface area contributed by atoms with Gasteiger partial charge in [-0.05, 0) is 57.7 Å². The highest BCUT2D eigenvalue weighted by Crippen LogP contribution is 2.37. The van der Waals surface area contributed by atoms with E-state index in [1.165, 1.54) is 0 Å². The lowest BCUT2D eigenvalue weighted by Crippen LogP contribution is -2.41. The number of ether oxygens (including phenoxy) is 1. The van der Waals surface area contributed by atoms with Crippen molar-refractivity contribution in [2.24, 2.45) is 11.7 Å². The first-order valence-corrected chi connectivity index (χ1v) is 9.74. The van der Waals surface area contributed by atoms with Crippen LogP contribution in [0, 0.1) is 19.8 Å². The third kappa shape index (κ3) is 3.77. The zero-order valence-corrected chi connectivity index (χ0v) is 17.0. The number of carbonyl (C=O) groups excluding carboxylic acids is 2. The van der Waals surface area contributed by atoms with Gasteiger partial charge in [0.2, 0.25) is 11.8 Å². The second-order valence-corrected chi connectivity index (χ2v) is 7.44. The summed E-state index contributed by atoms with van der Waals surface area (Å²) >= 11 is 0. The van der Waals surface area contributed by atoms with Gasteiger partial charge in [0.1, 0.15) is 11.3 Å². The van der Waals surface area contributed by atoms with Gasteiger partial charge in [-0.2, -0.15) is 0 Å². The lowest BCUT2D eigenvalue weighted by Gasteiger charge is -2.30. The van der Waals surface area contributed by atoms with Crippen LogP contribution in [0.3, 0.4) is 0 Å². The first-order chi connectivity index (χ1) is 13.3. The highest BCUT2D eigenvalue weighted by atomic mass is 16.5. The summed E-state index contributed by atoms with van der Waals surface area (Å²) in [6.45, 7) is 9.47. The van der Waals surface area contributed by atoms with Crippen LogP contribution in [0.25, 0.3) is 16.5 Å². The molecule has 6 heteroatoms. The minimum Gasteiger partial charge on any atom is -0.493 e. The number of nitrogens with two attached hydrogens (primary N) is 1. The number of piperidine rings is 1. The van der Waals surface area contributed by atoms with Gasteiger partial charge in [0.25, 0.3) is 0 Å². The summed E-state index contributed by atoms with van der Waals surface area (Å²) in [7, 11) is 0. The Morgan fingerprint density at radius 1 is 1.32 bits per heavy atom. The molecule has 0 saturated carbocycles. The van der Waals surface area contributed by atoms with Gasteiger partial charge in [-0.3, -0.25) is 9.59 Å². The summed E-state index contributed by atoms with van der Waals surface area (Å²) in [4.78, 5) is 25.9. The molecule has 2 heterocycles. The standard InChI is InChI=1S/C22H28N2O4/c1-5-27-20-15(4)21-18(14(3)12-28-21)11-17(20)13(2)10-19(25)24-8-6-16(7-9-24)22(23)26/h10-12,16H,5-9H2,1-4H3,(H2,23,26)/b13-10+. The molecule has 6 nitrogen and oxygen atoms in total. The summed E-state index contributed by atoms with van der Waals surface area (Å²) in [6, 6.07) is 2.03. The Labute approximate surface area is 165 Å². The van der Waals surface area contributed by atoms with Gasteiger partial charge in [-0.25, -0.2) is 0 Å². The third-order valence-electron chi connectivity index (χ3n) is 5.50. The third-order valence-corrected chi connectivity index (χ3v) is 5.50. The Morgan fingerprint density at radius 2 is 2.00 bits per heavy atom. The molecule has 0 bridgehead atoms. The number of nitrogens with zero attached hydrogens (tertiary/aromatic N) is 1. The molecule has 1 aliphatic rings. The number of aryl methyl sites for hydroxylation is 2. The number of likely N-dealkylation sites (tertiary alicyclic amines) is 1. The van der Waals surface area contributed by atoms with Gasteiger partial charge in [-0.15, -0.1) is 0 Å². The number of rotatable bonds is 5. The number of hydrogen-bond acceptors (Lipinski definition) is 4. The molecule has 1 saturated heterocycles. The van der Waals surface area contributed by atoms with Crippen molar-refractivity contribution in [2.45, 2.75) is 40.5 Å². The SMILES string of the molecule is CCOc1c(/C(C)=C/C(=O)N2CCC(C(N)=O)CC2)cc2c(C)coc2c1C. The van der Waals surface area contributed by atoms with E-state index >= 15 is 0 Å². The molecule has 0 unspecified atom stereocenters. The monoisotopic (exact) mass is 384 g/mol. The number of amides is 2. The van der Waals surface area contributed by atoms with E-state index in [-0.39, 0.29) is 17.7 Å². The Hall–Kier alpha value is -2.76. The van der Waals surface area contributed by atoms with Crippen LogP contribution in [0.5, 0.6) is 5.75 Å². The highest BCUT2D eigenvalue weighted by molar-refractivity contribution is 5.98. The first-order valence-electron chi connectivity index (χ1n) is 9.74. The quantitative estimate of drug-likeness (QED) is 0.799. The van der Waals surface area contributed by atoms with E-state index in [2.05, 4.69) is 0 Å². The molecule has 1 fully saturated rings. The van der Waals surface area contributed by atoms with Gasteiger partial charge >= 0.3 is 0 Å². The maximum absolute atomic E-state index is 12.8. The van der Waals surface area contributed by atoms with Crippen LogP contribution < -0.4 is 10.5 Å². The Kier molecular flexibility index (Phi) is 5.77. The number of primary amides is 1. The van der Waals surface area contributed by atoms with Crippen molar-refractivity contribution in [1.29, 1.82) is 0 Å². The molecule has 2 N–H and O–H groups in total. The zero-order chi connectivity index (χ0) is 20.4. The van der Waals surface area contributed by atoms with Crippen LogP contribution in [0.2, 0.25) is 0 Å². The molecule has 2 aromatic rings. The normalized spacial score (nSPS) is 15.9. The van der Waals surface area contributed by atoms with Crippen molar-refractivity contribution in [3.63, 3.8) is 0 Å². The number of hydrogen-bond donors (Lipinski definition) is 1. The molecule has 1 aliphatic heterocycles. The van der Waals surface area contributed by atoms with Crippen LogP contribution in [0.15, 0.2) is 22.8 Å². The van der Waals surface area contributed by atoms with Crippen LogP contribution in [-0.4, -0.2) is 36.4 Å². The zero-order valence-electron chi connectivity index (χ0n) is 17.0. The first kappa shape index (κ1) is 20.0. The average molecular weight is 384 g/mol. The predicted octanol–water partition coefficient (Wildman–Crippen LogP) is 3.58. The fourth-order valence-corrected chi connectivity index (χ4v) is 3.80. The maximum atomic E-state index is 12.8. The van der Waals surface area contributed by atoms with Crippen molar-refractivity contribution in [3.05, 3.63) is 35.1 Å². The van der Waals surface area contributed by atoms with E-state index in [0.717, 1.165) is 39.0 Å². The summed E-state index contributed by atoms with van der Waals surface area (Å²) < 4.78 is 11.6. The number of allylic oxidation sites excluding steroid dienone is 1. The molecule has 0 radical (unpaired) electrons. The molecule has 0 spiro atoms. The lowest BCUT2D eigenvalue weighted by atomic mass is 9.95. The van der Waals surface area contributed by atoms with E-state index in [9.17, 15) is 9.59 Å². The fraction of sp³-hybridized carbons (Fsp3) is 0.455. The number of benzene rings is 1. The van der Waals surface area contributed by atoms with Gasteiger partial charge in [-0.1, -0.05) is 0 Å². The topological polar surface area (TPSA) is 85.8 Å². The molecular weight excluding hydrogens is 356 g/mol. The summed E-state index contributed by atoms with van der Waals surface area (Å²) in [5, 5.41) is 1.03. The Morgan fingerprint density at radius 3 is 2.61 bits per heavy atom. The average Bonchev–Trinajstić information content (AvgIpc) is 3.05. The molecule has 1 aromatic carbocycles. The van der Waals surface area contributed by atoms with E-state index < -0.39 is 0 Å². The minimum atomic E-state index is -0.278. The number of furan rings is 1. The summed E-state index contributed by atoms with van der Waals surface area (Å²) in [5.41, 5.74) is 9.92. The van der Waals surface area contributed by atoms with E-state index in [4.69, 9.17) is 14.9 Å². The molecule has 2 amide bonds. The second-order valence-electron chi connectivity index (χ2n) is 7.44. The van der Waals surface area contributed by atoms with Crippen molar-refractivity contribution in [2.75, 3.05) is 19.7 Å². The van der Waals surface area contributed by atoms with Crippen molar-refractivity contribution >= 4 is 28.4 Å². The molecule has 150 valence electrons. The predicted molar refractivity (Wildman–Crippen MR) is 109 cm³/mol. The van der Waals surface area contributed by atoms with Crippen LogP contribution >= 0.6 is 0 Å². The molecule has 3 rings (SSSR count). The Bertz CT molecular complexity index is 934. The molecule has 1 aromatic heterocycles. The van der Waals surface area contributed by atoms with E-state index in [1.54, 1.807) is 17.2 Å². The van der Waals surface area contributed by atoms with E-state index in [0.29, 0.717) is 32.5 Å². The molecular formula is C22H28N2O4. The van der Waals surface area contributed by atoms with Gasteiger partial charge in [0.15, 0.2) is 0 Å². The molecule has 0 aliphatic carbocycles. The summed E-state index contributed by atoms with van der Waals surface area (Å²) in [5.74, 6) is 0.287. The summed E-state index contributed by atoms with van der Waals surface area (Å²) in [6.07, 6.45) is 4.64. The largest absolute Gasteiger partial charge is 0.493 e. The number of fused-ring (bicyclic) bond motifs is 1. The maximum Gasteiger partial charge on any atom is 0.246 e. The molecule has 28 heavy (non-hydrogen) atoms. The minimum absolute atomic E-state index is 0.0514. The van der Waals surface area contributed by atoms with Crippen LogP contribution in [0.1, 0.15) is 43.4 Å². The fourth-order valence-electron chi connectivity index (χ4n) is 3.80. The van der Waals surface area contributed by atoms with Crippen molar-refractivity contribution < 1.29 is 18.7 Å². The lowest BCUT2D eigenvalue weighted by molar-refractivity contribution is -0.130. The smallest absolute Gasteiger partial charge is 0.246 e. The van der Waals surface area contributed by atoms with Crippen LogP contribution in [-0.2, 0) is 9.59 Å². The van der Waals surface area contributed by atoms with Gasteiger partial charge < -0.3 is 19.8 Å². The van der Waals surface area contributed by atoms with Crippen molar-refractivity contribution in [1.82, 2.24) is 4.90 Å². The van der Waals surface area contributed by atoms with Crippen molar-refractivity contribution in [3.8, 4) is 5.75 Å².